The molecule has 3 aliphatic heterocycles. The Kier molecular flexibility index (Phi) is 3.81. The molecule has 1 aromatic rings. The normalized spacial score (nSPS) is 35.4. The average molecular weight is 375 g/mol. The number of fused-ring (bicyclic) bond motifs is 2. The van der Waals surface area contributed by atoms with Crippen LogP contribution in [-0.2, 0) is 26.2 Å². The molecule has 146 valence electrons. The van der Waals surface area contributed by atoms with Crippen LogP contribution in [-0.4, -0.2) is 56.7 Å². The summed E-state index contributed by atoms with van der Waals surface area (Å²) in [6.45, 7) is 3.45. The van der Waals surface area contributed by atoms with Crippen LogP contribution >= 0.6 is 0 Å². The van der Waals surface area contributed by atoms with Crippen molar-refractivity contribution in [3.05, 3.63) is 17.2 Å². The molecule has 0 amide bonds. The number of esters is 1. The molecule has 0 N–H and O–H groups in total. The minimum absolute atomic E-state index is 0.118. The van der Waals surface area contributed by atoms with E-state index < -0.39 is 0 Å². The molecule has 5 rings (SSSR count). The molecule has 1 unspecified atom stereocenters. The molecule has 5 atom stereocenters. The van der Waals surface area contributed by atoms with Crippen molar-refractivity contribution >= 4 is 5.97 Å². The SMILES string of the molecule is COc1c2c(cc3c1OCO3)[C@@]13CCN(C2)[C@@H]1CC[C@H](OC)[C@H]3OC(C)=O. The summed E-state index contributed by atoms with van der Waals surface area (Å²) in [7, 11) is 3.37. The van der Waals surface area contributed by atoms with Gasteiger partial charge < -0.3 is 23.7 Å². The van der Waals surface area contributed by atoms with Crippen LogP contribution in [0.25, 0.3) is 0 Å². The van der Waals surface area contributed by atoms with Crippen molar-refractivity contribution in [3.8, 4) is 17.2 Å². The first-order valence-corrected chi connectivity index (χ1v) is 9.54. The van der Waals surface area contributed by atoms with Gasteiger partial charge in [0.25, 0.3) is 0 Å². The third kappa shape index (κ3) is 2.18. The Morgan fingerprint density at radius 2 is 2.15 bits per heavy atom. The van der Waals surface area contributed by atoms with E-state index in [0.29, 0.717) is 17.5 Å². The molecule has 1 aromatic carbocycles. The molecule has 2 fully saturated rings. The van der Waals surface area contributed by atoms with Crippen LogP contribution in [0.5, 0.6) is 17.2 Å². The quantitative estimate of drug-likeness (QED) is 0.749. The van der Waals surface area contributed by atoms with Gasteiger partial charge in [-0.3, -0.25) is 9.69 Å². The molecule has 3 heterocycles. The molecule has 4 aliphatic rings. The fraction of sp³-hybridized carbons (Fsp3) is 0.650. The molecule has 7 nitrogen and oxygen atoms in total. The Morgan fingerprint density at radius 1 is 1.30 bits per heavy atom. The van der Waals surface area contributed by atoms with Crippen molar-refractivity contribution in [1.29, 1.82) is 0 Å². The van der Waals surface area contributed by atoms with Gasteiger partial charge in [-0.05, 0) is 37.4 Å². The molecule has 27 heavy (non-hydrogen) atoms. The van der Waals surface area contributed by atoms with Crippen molar-refractivity contribution in [3.63, 3.8) is 0 Å². The van der Waals surface area contributed by atoms with Crippen LogP contribution < -0.4 is 14.2 Å². The smallest absolute Gasteiger partial charge is 0.303 e. The van der Waals surface area contributed by atoms with E-state index in [-0.39, 0.29) is 30.4 Å². The van der Waals surface area contributed by atoms with E-state index in [2.05, 4.69) is 11.0 Å². The van der Waals surface area contributed by atoms with Crippen molar-refractivity contribution in [2.45, 2.75) is 56.4 Å². The fourth-order valence-electron chi connectivity index (χ4n) is 5.85. The molecule has 1 saturated heterocycles. The van der Waals surface area contributed by atoms with Crippen molar-refractivity contribution in [1.82, 2.24) is 4.90 Å². The first kappa shape index (κ1) is 17.1. The highest BCUT2D eigenvalue weighted by atomic mass is 16.7. The number of benzene rings is 1. The van der Waals surface area contributed by atoms with E-state index in [1.807, 2.05) is 0 Å². The summed E-state index contributed by atoms with van der Waals surface area (Å²) in [5.41, 5.74) is 1.96. The van der Waals surface area contributed by atoms with Crippen LogP contribution in [0.3, 0.4) is 0 Å². The van der Waals surface area contributed by atoms with Gasteiger partial charge in [0.15, 0.2) is 11.5 Å². The molecule has 1 aliphatic carbocycles. The molecular weight excluding hydrogens is 350 g/mol. The molecule has 2 bridgehead atoms. The second-order valence-electron chi connectivity index (χ2n) is 7.83. The average Bonchev–Trinajstić information content (AvgIpc) is 3.23. The lowest BCUT2D eigenvalue weighted by Crippen LogP contribution is -2.61. The van der Waals surface area contributed by atoms with E-state index in [4.69, 9.17) is 23.7 Å². The predicted molar refractivity (Wildman–Crippen MR) is 95.2 cm³/mol. The van der Waals surface area contributed by atoms with Crippen LogP contribution in [0, 0.1) is 0 Å². The second kappa shape index (κ2) is 6.01. The van der Waals surface area contributed by atoms with Crippen molar-refractivity contribution < 1.29 is 28.5 Å². The number of hydrogen-bond acceptors (Lipinski definition) is 7. The van der Waals surface area contributed by atoms with Gasteiger partial charge in [-0.15, -0.1) is 0 Å². The van der Waals surface area contributed by atoms with Gasteiger partial charge in [-0.25, -0.2) is 0 Å². The Hall–Kier alpha value is -1.99. The summed E-state index contributed by atoms with van der Waals surface area (Å²) in [6.07, 6.45) is 2.38. The number of ether oxygens (including phenoxy) is 5. The first-order chi connectivity index (χ1) is 13.1. The summed E-state index contributed by atoms with van der Waals surface area (Å²) in [4.78, 5) is 14.5. The monoisotopic (exact) mass is 375 g/mol. The summed E-state index contributed by atoms with van der Waals surface area (Å²) in [6, 6.07) is 2.41. The summed E-state index contributed by atoms with van der Waals surface area (Å²) >= 11 is 0. The lowest BCUT2D eigenvalue weighted by atomic mass is 9.60. The lowest BCUT2D eigenvalue weighted by molar-refractivity contribution is -0.169. The maximum Gasteiger partial charge on any atom is 0.303 e. The molecule has 7 heteroatoms. The topological polar surface area (TPSA) is 66.5 Å². The maximum atomic E-state index is 12.0. The van der Waals surface area contributed by atoms with Gasteiger partial charge in [0.1, 0.15) is 6.10 Å². The van der Waals surface area contributed by atoms with E-state index in [1.54, 1.807) is 14.2 Å². The number of carbonyl (C=O) groups is 1. The molecule has 1 saturated carbocycles. The lowest BCUT2D eigenvalue weighted by Gasteiger charge is -2.52. The first-order valence-electron chi connectivity index (χ1n) is 9.54. The minimum atomic E-state index is -0.326. The number of rotatable bonds is 3. The van der Waals surface area contributed by atoms with E-state index in [0.717, 1.165) is 49.2 Å². The maximum absolute atomic E-state index is 12.0. The zero-order chi connectivity index (χ0) is 18.8. The van der Waals surface area contributed by atoms with Gasteiger partial charge >= 0.3 is 5.97 Å². The van der Waals surface area contributed by atoms with Crippen molar-refractivity contribution in [2.75, 3.05) is 27.6 Å². The van der Waals surface area contributed by atoms with Gasteiger partial charge in [-0.1, -0.05) is 0 Å². The van der Waals surface area contributed by atoms with Gasteiger partial charge in [-0.2, -0.15) is 0 Å². The van der Waals surface area contributed by atoms with Gasteiger partial charge in [0.05, 0.1) is 18.6 Å². The van der Waals surface area contributed by atoms with Gasteiger partial charge in [0.2, 0.25) is 12.5 Å². The highest BCUT2D eigenvalue weighted by Crippen LogP contribution is 2.59. The van der Waals surface area contributed by atoms with Gasteiger partial charge in [0, 0.05) is 32.2 Å². The Bertz CT molecular complexity index is 795. The summed E-state index contributed by atoms with van der Waals surface area (Å²) in [5.74, 6) is 1.86. The summed E-state index contributed by atoms with van der Waals surface area (Å²) in [5, 5.41) is 0. The highest BCUT2D eigenvalue weighted by Gasteiger charge is 2.63. The number of nitrogens with zero attached hydrogens (tertiary/aromatic N) is 1. The Morgan fingerprint density at radius 3 is 2.89 bits per heavy atom. The molecular formula is C20H25NO6. The molecule has 0 spiro atoms. The Labute approximate surface area is 158 Å². The number of hydrogen-bond donors (Lipinski definition) is 0. The molecule has 0 aromatic heterocycles. The molecule has 0 radical (unpaired) electrons. The van der Waals surface area contributed by atoms with Crippen LogP contribution in [0.1, 0.15) is 37.3 Å². The van der Waals surface area contributed by atoms with E-state index >= 15 is 0 Å². The van der Waals surface area contributed by atoms with Crippen molar-refractivity contribution in [2.24, 2.45) is 0 Å². The van der Waals surface area contributed by atoms with Crippen LogP contribution in [0.15, 0.2) is 6.07 Å². The summed E-state index contributed by atoms with van der Waals surface area (Å²) < 4.78 is 28.8. The number of methoxy groups -OCH3 is 2. The fourth-order valence-corrected chi connectivity index (χ4v) is 5.85. The highest BCUT2D eigenvalue weighted by molar-refractivity contribution is 5.67. The standard InChI is InChI=1S/C20H25NO6/c1-11(22)27-19-14(23-2)4-5-16-20(19)6-7-21(16)9-12-13(20)8-15-18(17(12)24-3)26-10-25-15/h8,14,16,19H,4-7,9-10H2,1-3H3/t14-,16+,19+,20-/m0/s1. The third-order valence-corrected chi connectivity index (χ3v) is 6.80. The zero-order valence-electron chi connectivity index (χ0n) is 15.9. The second-order valence-corrected chi connectivity index (χ2v) is 7.83. The minimum Gasteiger partial charge on any atom is -0.492 e. The van der Waals surface area contributed by atoms with Crippen LogP contribution in [0.4, 0.5) is 0 Å². The van der Waals surface area contributed by atoms with Crippen LogP contribution in [0.2, 0.25) is 0 Å². The Balaban J connectivity index is 1.73. The van der Waals surface area contributed by atoms with E-state index in [1.165, 1.54) is 6.92 Å². The zero-order valence-corrected chi connectivity index (χ0v) is 15.9. The largest absolute Gasteiger partial charge is 0.492 e. The third-order valence-electron chi connectivity index (χ3n) is 6.80. The number of carbonyl (C=O) groups excluding carboxylic acids is 1. The predicted octanol–water partition coefficient (Wildman–Crippen LogP) is 1.99. The van der Waals surface area contributed by atoms with E-state index in [9.17, 15) is 4.79 Å².